The van der Waals surface area contributed by atoms with Crippen molar-refractivity contribution < 1.29 is 4.74 Å². The lowest BCUT2D eigenvalue weighted by Crippen LogP contribution is -2.00. The molecule has 0 saturated carbocycles. The molecule has 1 heteroatoms. The van der Waals surface area contributed by atoms with Crippen molar-refractivity contribution in [2.75, 3.05) is 6.61 Å². The molecule has 0 radical (unpaired) electrons. The number of hydrogen-bond donors (Lipinski definition) is 0. The molecule has 0 aromatic heterocycles. The van der Waals surface area contributed by atoms with Crippen LogP contribution in [0.4, 0.5) is 0 Å². The van der Waals surface area contributed by atoms with E-state index in [2.05, 4.69) is 13.8 Å². The highest BCUT2D eigenvalue weighted by Gasteiger charge is 1.95. The van der Waals surface area contributed by atoms with E-state index in [1.54, 1.807) is 0 Å². The van der Waals surface area contributed by atoms with Gasteiger partial charge >= 0.3 is 0 Å². The molecule has 0 fully saturated rings. The molecule has 0 N–H and O–H groups in total. The Kier molecular flexibility index (Phi) is 5.09. The second-order valence-corrected chi connectivity index (χ2v) is 3.04. The maximum atomic E-state index is 5.29. The van der Waals surface area contributed by atoms with Crippen LogP contribution in [0.3, 0.4) is 0 Å². The monoisotopic (exact) mass is 142 g/mol. The van der Waals surface area contributed by atoms with Gasteiger partial charge in [0.25, 0.3) is 0 Å². The first kappa shape index (κ1) is 9.54. The van der Waals surface area contributed by atoms with E-state index in [1.807, 2.05) is 20.1 Å². The third-order valence-electron chi connectivity index (χ3n) is 1.40. The third-order valence-corrected chi connectivity index (χ3v) is 1.40. The van der Waals surface area contributed by atoms with Crippen molar-refractivity contribution in [1.82, 2.24) is 0 Å². The molecular formula is C9H18O. The van der Waals surface area contributed by atoms with Gasteiger partial charge in [0, 0.05) is 0 Å². The normalized spacial score (nSPS) is 12.4. The average Bonchev–Trinajstić information content (AvgIpc) is 1.87. The van der Waals surface area contributed by atoms with Crippen molar-refractivity contribution >= 4 is 0 Å². The lowest BCUT2D eigenvalue weighted by Gasteiger charge is -2.06. The Morgan fingerprint density at radius 2 is 2.10 bits per heavy atom. The fourth-order valence-corrected chi connectivity index (χ4v) is 0.497. The highest BCUT2D eigenvalue weighted by molar-refractivity contribution is 4.86. The fraction of sp³-hybridized carbons (Fsp3) is 0.778. The van der Waals surface area contributed by atoms with E-state index in [9.17, 15) is 0 Å². The molecule has 1 atom stereocenters. The van der Waals surface area contributed by atoms with E-state index in [-0.39, 0.29) is 0 Å². The van der Waals surface area contributed by atoms with Gasteiger partial charge in [-0.1, -0.05) is 20.3 Å². The fourth-order valence-electron chi connectivity index (χ4n) is 0.497. The van der Waals surface area contributed by atoms with Crippen LogP contribution >= 0.6 is 0 Å². The Labute approximate surface area is 64.1 Å². The molecule has 0 amide bonds. The maximum absolute atomic E-state index is 5.29. The van der Waals surface area contributed by atoms with E-state index >= 15 is 0 Å². The molecule has 60 valence electrons. The number of allylic oxidation sites excluding steroid dienone is 1. The summed E-state index contributed by atoms with van der Waals surface area (Å²) in [5.74, 6) is 0.676. The molecule has 1 nitrogen and oxygen atoms in total. The molecule has 0 bridgehead atoms. The van der Waals surface area contributed by atoms with E-state index in [4.69, 9.17) is 4.74 Å². The van der Waals surface area contributed by atoms with Gasteiger partial charge in [-0.25, -0.2) is 0 Å². The van der Waals surface area contributed by atoms with Crippen molar-refractivity contribution in [2.45, 2.75) is 34.1 Å². The Balaban J connectivity index is 3.28. The van der Waals surface area contributed by atoms with Crippen LogP contribution in [-0.2, 0) is 4.74 Å². The lowest BCUT2D eigenvalue weighted by atomic mass is 10.1. The van der Waals surface area contributed by atoms with Crippen molar-refractivity contribution in [3.63, 3.8) is 0 Å². The number of ether oxygens (including phenoxy) is 1. The smallest absolute Gasteiger partial charge is 0.0898 e. The van der Waals surface area contributed by atoms with Gasteiger partial charge in [-0.3, -0.25) is 0 Å². The first-order valence-electron chi connectivity index (χ1n) is 3.91. The molecule has 0 spiro atoms. The Hall–Kier alpha value is -0.460. The summed E-state index contributed by atoms with van der Waals surface area (Å²) in [6, 6.07) is 0. The van der Waals surface area contributed by atoms with Gasteiger partial charge in [0.05, 0.1) is 12.9 Å². The molecule has 0 aromatic carbocycles. The number of hydrogen-bond acceptors (Lipinski definition) is 1. The molecule has 10 heavy (non-hydrogen) atoms. The van der Waals surface area contributed by atoms with Crippen LogP contribution in [-0.4, -0.2) is 6.61 Å². The maximum Gasteiger partial charge on any atom is 0.0898 e. The molecular weight excluding hydrogens is 124 g/mol. The lowest BCUT2D eigenvalue weighted by molar-refractivity contribution is 0.198. The summed E-state index contributed by atoms with van der Waals surface area (Å²) in [5.41, 5.74) is 1.23. The minimum absolute atomic E-state index is 0.676. The van der Waals surface area contributed by atoms with Crippen LogP contribution in [0.1, 0.15) is 34.1 Å². The minimum Gasteiger partial charge on any atom is -0.501 e. The third kappa shape index (κ3) is 5.67. The first-order chi connectivity index (χ1) is 4.66. The van der Waals surface area contributed by atoms with E-state index < -0.39 is 0 Å². The summed E-state index contributed by atoms with van der Waals surface area (Å²) in [6.45, 7) is 9.30. The largest absolute Gasteiger partial charge is 0.501 e. The van der Waals surface area contributed by atoms with E-state index in [0.717, 1.165) is 6.61 Å². The Morgan fingerprint density at radius 3 is 2.50 bits per heavy atom. The van der Waals surface area contributed by atoms with Crippen molar-refractivity contribution in [2.24, 2.45) is 5.92 Å². The standard InChI is InChI=1S/C9H18O/c1-5-9(4)7-10-6-8(2)3/h6,9H,5,7H2,1-4H3/t9-/m0/s1. The predicted molar refractivity (Wildman–Crippen MR) is 44.8 cm³/mol. The van der Waals surface area contributed by atoms with Crippen LogP contribution in [0.25, 0.3) is 0 Å². The summed E-state index contributed by atoms with van der Waals surface area (Å²) in [5, 5.41) is 0. The zero-order chi connectivity index (χ0) is 7.98. The average molecular weight is 142 g/mol. The van der Waals surface area contributed by atoms with Gasteiger partial charge in [0.1, 0.15) is 0 Å². The summed E-state index contributed by atoms with van der Waals surface area (Å²) in [7, 11) is 0. The molecule has 0 rings (SSSR count). The van der Waals surface area contributed by atoms with Gasteiger partial charge in [0.15, 0.2) is 0 Å². The minimum atomic E-state index is 0.676. The van der Waals surface area contributed by atoms with Crippen molar-refractivity contribution in [3.8, 4) is 0 Å². The summed E-state index contributed by atoms with van der Waals surface area (Å²) in [6.07, 6.45) is 3.02. The quantitative estimate of drug-likeness (QED) is 0.548. The molecule has 0 unspecified atom stereocenters. The first-order valence-corrected chi connectivity index (χ1v) is 3.91. The second-order valence-electron chi connectivity index (χ2n) is 3.04. The zero-order valence-electron chi connectivity index (χ0n) is 7.48. The topological polar surface area (TPSA) is 9.23 Å². The molecule has 0 saturated heterocycles. The van der Waals surface area contributed by atoms with E-state index in [0.29, 0.717) is 5.92 Å². The summed E-state index contributed by atoms with van der Waals surface area (Å²) in [4.78, 5) is 0. The predicted octanol–water partition coefficient (Wildman–Crippen LogP) is 2.97. The van der Waals surface area contributed by atoms with Crippen molar-refractivity contribution in [1.29, 1.82) is 0 Å². The number of rotatable bonds is 4. The van der Waals surface area contributed by atoms with Crippen LogP contribution in [0.15, 0.2) is 11.8 Å². The highest BCUT2D eigenvalue weighted by atomic mass is 16.5. The van der Waals surface area contributed by atoms with Gasteiger partial charge in [-0.05, 0) is 25.3 Å². The van der Waals surface area contributed by atoms with E-state index in [1.165, 1.54) is 12.0 Å². The van der Waals surface area contributed by atoms with Gasteiger partial charge in [0.2, 0.25) is 0 Å². The summed E-state index contributed by atoms with van der Waals surface area (Å²) < 4.78 is 5.29. The second kappa shape index (κ2) is 5.33. The molecule has 0 aliphatic rings. The molecule has 0 aliphatic carbocycles. The van der Waals surface area contributed by atoms with Crippen LogP contribution in [0.5, 0.6) is 0 Å². The molecule has 0 heterocycles. The molecule has 0 aromatic rings. The zero-order valence-corrected chi connectivity index (χ0v) is 7.48. The summed E-state index contributed by atoms with van der Waals surface area (Å²) >= 11 is 0. The molecule has 0 aliphatic heterocycles. The van der Waals surface area contributed by atoms with Crippen LogP contribution in [0, 0.1) is 5.92 Å². The van der Waals surface area contributed by atoms with Crippen LogP contribution in [0.2, 0.25) is 0 Å². The van der Waals surface area contributed by atoms with Gasteiger partial charge < -0.3 is 4.74 Å². The van der Waals surface area contributed by atoms with Gasteiger partial charge in [-0.15, -0.1) is 0 Å². The van der Waals surface area contributed by atoms with Crippen LogP contribution < -0.4 is 0 Å². The Morgan fingerprint density at radius 1 is 1.50 bits per heavy atom. The SMILES string of the molecule is CC[C@H](C)COC=C(C)C. The Bertz CT molecular complexity index is 101. The van der Waals surface area contributed by atoms with Crippen molar-refractivity contribution in [3.05, 3.63) is 11.8 Å². The van der Waals surface area contributed by atoms with Gasteiger partial charge in [-0.2, -0.15) is 0 Å². The highest BCUT2D eigenvalue weighted by Crippen LogP contribution is 2.01.